The van der Waals surface area contributed by atoms with E-state index in [0.717, 1.165) is 70.6 Å². The van der Waals surface area contributed by atoms with Gasteiger partial charge in [-0.1, -0.05) is 99.1 Å². The molecule has 1 aliphatic rings. The molecule has 7 nitrogen and oxygen atoms in total. The Morgan fingerprint density at radius 3 is 1.60 bits per heavy atom. The maximum absolute atomic E-state index is 12.7. The van der Waals surface area contributed by atoms with Crippen LogP contribution in [0.1, 0.15) is 118 Å². The second-order valence-corrected chi connectivity index (χ2v) is 12.7. The van der Waals surface area contributed by atoms with Crippen molar-refractivity contribution in [3.63, 3.8) is 0 Å². The first-order valence-electron chi connectivity index (χ1n) is 17.1. The highest BCUT2D eigenvalue weighted by molar-refractivity contribution is 5.77. The van der Waals surface area contributed by atoms with Crippen LogP contribution < -0.4 is 16.0 Å². The second-order valence-electron chi connectivity index (χ2n) is 12.7. The molecule has 0 aromatic heterocycles. The fourth-order valence-corrected chi connectivity index (χ4v) is 5.04. The SMILES string of the molecule is CCC=CCC=CCC=CCC=CCC=CCC=CCCC(=O)NCCNC(=O)CC1(CNC(=O)OC(C)(C)C)CCCCC1. The number of carbonyl (C=O) groups excluding carboxylic acids is 3. The molecule has 3 N–H and O–H groups in total. The summed E-state index contributed by atoms with van der Waals surface area (Å²) < 4.78 is 5.37. The molecule has 1 saturated carbocycles. The average Bonchev–Trinajstić information content (AvgIpc) is 2.99. The molecule has 1 aliphatic carbocycles. The summed E-state index contributed by atoms with van der Waals surface area (Å²) in [5.41, 5.74) is -0.805. The Hall–Kier alpha value is -3.35. The van der Waals surface area contributed by atoms with Crippen molar-refractivity contribution >= 4 is 17.9 Å². The Morgan fingerprint density at radius 1 is 0.644 bits per heavy atom. The van der Waals surface area contributed by atoms with Gasteiger partial charge in [-0.3, -0.25) is 9.59 Å². The van der Waals surface area contributed by atoms with Crippen LogP contribution in [0.3, 0.4) is 0 Å². The van der Waals surface area contributed by atoms with E-state index in [-0.39, 0.29) is 17.2 Å². The van der Waals surface area contributed by atoms with Crippen LogP contribution in [0.4, 0.5) is 4.79 Å². The van der Waals surface area contributed by atoms with Gasteiger partial charge in [-0.05, 0) is 84.0 Å². The molecule has 1 fully saturated rings. The maximum Gasteiger partial charge on any atom is 0.407 e. The van der Waals surface area contributed by atoms with E-state index in [9.17, 15) is 14.4 Å². The van der Waals surface area contributed by atoms with Gasteiger partial charge < -0.3 is 20.7 Å². The molecule has 0 aliphatic heterocycles. The number of nitrogens with one attached hydrogen (secondary N) is 3. The minimum Gasteiger partial charge on any atom is -0.444 e. The number of hydrogen-bond donors (Lipinski definition) is 3. The van der Waals surface area contributed by atoms with Crippen molar-refractivity contribution in [2.24, 2.45) is 5.41 Å². The zero-order chi connectivity index (χ0) is 33.1. The summed E-state index contributed by atoms with van der Waals surface area (Å²) in [7, 11) is 0. The standard InChI is InChI=1S/C38H61N3O4/c1-5-6-7-8-9-10-11-12-13-14-15-16-17-18-19-20-21-22-24-27-34(42)39-30-31-40-35(43)32-38(28-25-23-26-29-38)33-41-36(44)45-37(2,3)4/h6-7,9-10,12-13,15-16,18-19,21-22H,5,8,11,14,17,20,23-33H2,1-4H3,(H,39,42)(H,40,43)(H,41,44). The number of amides is 3. The topological polar surface area (TPSA) is 96.5 Å². The van der Waals surface area contributed by atoms with Crippen molar-refractivity contribution in [3.05, 3.63) is 72.9 Å². The quantitative estimate of drug-likeness (QED) is 0.0882. The van der Waals surface area contributed by atoms with E-state index in [0.29, 0.717) is 38.9 Å². The van der Waals surface area contributed by atoms with E-state index in [1.54, 1.807) is 0 Å². The fraction of sp³-hybridized carbons (Fsp3) is 0.605. The first-order valence-corrected chi connectivity index (χ1v) is 17.1. The average molecular weight is 624 g/mol. The summed E-state index contributed by atoms with van der Waals surface area (Å²) in [6.07, 6.45) is 37.9. The summed E-state index contributed by atoms with van der Waals surface area (Å²) >= 11 is 0. The second kappa shape index (κ2) is 24.9. The third-order valence-corrected chi connectivity index (χ3v) is 7.36. The van der Waals surface area contributed by atoms with E-state index in [4.69, 9.17) is 4.74 Å². The Labute approximate surface area is 273 Å². The summed E-state index contributed by atoms with van der Waals surface area (Å²) in [6, 6.07) is 0. The van der Waals surface area contributed by atoms with E-state index in [1.165, 1.54) is 0 Å². The lowest BCUT2D eigenvalue weighted by Crippen LogP contribution is -2.44. The lowest BCUT2D eigenvalue weighted by Gasteiger charge is -2.37. The van der Waals surface area contributed by atoms with Crippen LogP contribution in [-0.4, -0.2) is 43.1 Å². The van der Waals surface area contributed by atoms with Gasteiger partial charge >= 0.3 is 6.09 Å². The molecule has 3 amide bonds. The van der Waals surface area contributed by atoms with E-state index < -0.39 is 11.7 Å². The molecule has 0 spiro atoms. The minimum absolute atomic E-state index is 0.0194. The number of carbonyl (C=O) groups is 3. The van der Waals surface area contributed by atoms with Gasteiger partial charge in [0.05, 0.1) is 0 Å². The minimum atomic E-state index is -0.557. The molecule has 1 rings (SSSR count). The van der Waals surface area contributed by atoms with E-state index in [2.05, 4.69) is 89.7 Å². The number of ether oxygens (including phenoxy) is 1. The molecule has 45 heavy (non-hydrogen) atoms. The highest BCUT2D eigenvalue weighted by Gasteiger charge is 2.35. The molecule has 0 saturated heterocycles. The van der Waals surface area contributed by atoms with Crippen LogP contribution in [-0.2, 0) is 14.3 Å². The van der Waals surface area contributed by atoms with Crippen molar-refractivity contribution in [2.45, 2.75) is 123 Å². The Bertz CT molecular complexity index is 1010. The van der Waals surface area contributed by atoms with Gasteiger partial charge in [0.25, 0.3) is 0 Å². The highest BCUT2D eigenvalue weighted by atomic mass is 16.6. The van der Waals surface area contributed by atoms with Crippen LogP contribution in [0, 0.1) is 5.41 Å². The van der Waals surface area contributed by atoms with Gasteiger partial charge in [-0.15, -0.1) is 0 Å². The van der Waals surface area contributed by atoms with Gasteiger partial charge in [0.1, 0.15) is 5.60 Å². The van der Waals surface area contributed by atoms with E-state index >= 15 is 0 Å². The summed E-state index contributed by atoms with van der Waals surface area (Å²) in [5.74, 6) is -0.0656. The number of rotatable bonds is 21. The zero-order valence-electron chi connectivity index (χ0n) is 28.6. The molecular formula is C38H61N3O4. The van der Waals surface area contributed by atoms with Crippen molar-refractivity contribution in [1.29, 1.82) is 0 Å². The number of allylic oxidation sites excluding steroid dienone is 12. The molecule has 0 bridgehead atoms. The molecule has 0 atom stereocenters. The van der Waals surface area contributed by atoms with E-state index in [1.807, 2.05) is 26.8 Å². The molecule has 252 valence electrons. The van der Waals surface area contributed by atoms with Gasteiger partial charge in [0.15, 0.2) is 0 Å². The molecule has 0 heterocycles. The monoisotopic (exact) mass is 623 g/mol. The predicted octanol–water partition coefficient (Wildman–Crippen LogP) is 8.56. The normalized spacial score (nSPS) is 15.6. The van der Waals surface area contributed by atoms with Crippen molar-refractivity contribution in [3.8, 4) is 0 Å². The molecule has 7 heteroatoms. The molecular weight excluding hydrogens is 562 g/mol. The summed E-state index contributed by atoms with van der Waals surface area (Å²) in [6.45, 7) is 8.87. The first kappa shape index (κ1) is 39.7. The van der Waals surface area contributed by atoms with Crippen LogP contribution in [0.2, 0.25) is 0 Å². The lowest BCUT2D eigenvalue weighted by atomic mass is 9.71. The third-order valence-electron chi connectivity index (χ3n) is 7.36. The van der Waals surface area contributed by atoms with Gasteiger partial charge in [-0.25, -0.2) is 4.79 Å². The van der Waals surface area contributed by atoms with Gasteiger partial charge in [0.2, 0.25) is 11.8 Å². The molecule has 0 radical (unpaired) electrons. The van der Waals surface area contributed by atoms with Crippen molar-refractivity contribution < 1.29 is 19.1 Å². The number of alkyl carbamates (subject to hydrolysis) is 1. The zero-order valence-corrected chi connectivity index (χ0v) is 28.6. The summed E-state index contributed by atoms with van der Waals surface area (Å²) in [4.78, 5) is 37.0. The fourth-order valence-electron chi connectivity index (χ4n) is 5.04. The van der Waals surface area contributed by atoms with Crippen LogP contribution >= 0.6 is 0 Å². The van der Waals surface area contributed by atoms with Gasteiger partial charge in [0, 0.05) is 32.5 Å². The molecule has 0 unspecified atom stereocenters. The van der Waals surface area contributed by atoms with Crippen LogP contribution in [0.25, 0.3) is 0 Å². The number of hydrogen-bond acceptors (Lipinski definition) is 4. The molecule has 0 aromatic rings. The van der Waals surface area contributed by atoms with Crippen molar-refractivity contribution in [1.82, 2.24) is 16.0 Å². The predicted molar refractivity (Wildman–Crippen MR) is 188 cm³/mol. The third kappa shape index (κ3) is 23.7. The highest BCUT2D eigenvalue weighted by Crippen LogP contribution is 2.38. The molecule has 0 aromatic carbocycles. The Morgan fingerprint density at radius 2 is 1.11 bits per heavy atom. The maximum atomic E-state index is 12.7. The lowest BCUT2D eigenvalue weighted by molar-refractivity contribution is -0.124. The first-order chi connectivity index (χ1) is 21.7. The van der Waals surface area contributed by atoms with Crippen LogP contribution in [0.5, 0.6) is 0 Å². The Kier molecular flexibility index (Phi) is 22.0. The van der Waals surface area contributed by atoms with Crippen LogP contribution in [0.15, 0.2) is 72.9 Å². The van der Waals surface area contributed by atoms with Gasteiger partial charge in [-0.2, -0.15) is 0 Å². The Balaban J connectivity index is 2.13. The summed E-state index contributed by atoms with van der Waals surface area (Å²) in [5, 5.41) is 8.69. The van der Waals surface area contributed by atoms with Crippen molar-refractivity contribution in [2.75, 3.05) is 19.6 Å². The smallest absolute Gasteiger partial charge is 0.407 e. The largest absolute Gasteiger partial charge is 0.444 e.